The molecule has 0 aromatic heterocycles. The van der Waals surface area contributed by atoms with Crippen molar-refractivity contribution in [1.29, 1.82) is 0 Å². The van der Waals surface area contributed by atoms with Gasteiger partial charge >= 0.3 is 0 Å². The lowest BCUT2D eigenvalue weighted by atomic mass is 10.0. The molecule has 0 spiro atoms. The van der Waals surface area contributed by atoms with Crippen LogP contribution in [0.25, 0.3) is 0 Å². The molecule has 0 saturated carbocycles. The molecular formula is C16H27N3O. The summed E-state index contributed by atoms with van der Waals surface area (Å²) in [6.07, 6.45) is 0. The van der Waals surface area contributed by atoms with E-state index in [9.17, 15) is 4.79 Å². The Morgan fingerprint density at radius 2 is 1.75 bits per heavy atom. The highest BCUT2D eigenvalue weighted by Crippen LogP contribution is 2.20. The topological polar surface area (TPSA) is 44.4 Å². The molecule has 1 unspecified atom stereocenters. The van der Waals surface area contributed by atoms with Crippen LogP contribution in [-0.4, -0.2) is 43.5 Å². The molecule has 1 rings (SSSR count). The lowest BCUT2D eigenvalue weighted by Gasteiger charge is -2.29. The zero-order chi connectivity index (χ0) is 14.8. The minimum atomic E-state index is -0.201. The number of carbonyl (C=O) groups is 1. The smallest absolute Gasteiger partial charge is 0.242 e. The molecule has 0 aliphatic heterocycles. The van der Waals surface area contributed by atoms with Crippen LogP contribution in [0.15, 0.2) is 30.3 Å². The Bertz CT molecular complexity index is 377. The van der Waals surface area contributed by atoms with Gasteiger partial charge in [0.2, 0.25) is 5.91 Å². The summed E-state index contributed by atoms with van der Waals surface area (Å²) in [5.74, 6) is 0.0813. The van der Waals surface area contributed by atoms with Gasteiger partial charge in [0.1, 0.15) is 6.04 Å². The SMILES string of the molecule is CCNCCNC(=O)C(c1ccccc1)N(CC)CC. The summed E-state index contributed by atoms with van der Waals surface area (Å²) in [7, 11) is 0. The van der Waals surface area contributed by atoms with Crippen LogP contribution in [0.5, 0.6) is 0 Å². The van der Waals surface area contributed by atoms with Gasteiger partial charge in [-0.15, -0.1) is 0 Å². The van der Waals surface area contributed by atoms with Crippen LogP contribution in [0.2, 0.25) is 0 Å². The van der Waals surface area contributed by atoms with E-state index in [0.29, 0.717) is 6.54 Å². The molecular weight excluding hydrogens is 250 g/mol. The second-order valence-electron chi connectivity index (χ2n) is 4.68. The number of hydrogen-bond acceptors (Lipinski definition) is 3. The minimum Gasteiger partial charge on any atom is -0.353 e. The number of hydrogen-bond donors (Lipinski definition) is 2. The van der Waals surface area contributed by atoms with Crippen molar-refractivity contribution in [1.82, 2.24) is 15.5 Å². The number of amides is 1. The van der Waals surface area contributed by atoms with Gasteiger partial charge in [0.05, 0.1) is 0 Å². The third kappa shape index (κ3) is 4.94. The molecule has 1 amide bonds. The molecule has 20 heavy (non-hydrogen) atoms. The number of rotatable bonds is 9. The van der Waals surface area contributed by atoms with E-state index in [2.05, 4.69) is 36.3 Å². The fourth-order valence-corrected chi connectivity index (χ4v) is 2.30. The van der Waals surface area contributed by atoms with E-state index in [4.69, 9.17) is 0 Å². The standard InChI is InChI=1S/C16H27N3O/c1-4-17-12-13-18-16(20)15(19(5-2)6-3)14-10-8-7-9-11-14/h7-11,15,17H,4-6,12-13H2,1-3H3,(H,18,20). The first-order chi connectivity index (χ1) is 9.74. The maximum Gasteiger partial charge on any atom is 0.242 e. The van der Waals surface area contributed by atoms with Crippen LogP contribution in [0.4, 0.5) is 0 Å². The van der Waals surface area contributed by atoms with Gasteiger partial charge in [-0.05, 0) is 25.2 Å². The van der Waals surface area contributed by atoms with Gasteiger partial charge in [-0.25, -0.2) is 0 Å². The fraction of sp³-hybridized carbons (Fsp3) is 0.562. The number of benzene rings is 1. The molecule has 112 valence electrons. The number of nitrogens with one attached hydrogen (secondary N) is 2. The van der Waals surface area contributed by atoms with Gasteiger partial charge in [-0.1, -0.05) is 51.1 Å². The normalized spacial score (nSPS) is 12.4. The van der Waals surface area contributed by atoms with E-state index in [1.165, 1.54) is 0 Å². The van der Waals surface area contributed by atoms with Gasteiger partial charge in [0.25, 0.3) is 0 Å². The predicted molar refractivity (Wildman–Crippen MR) is 83.7 cm³/mol. The summed E-state index contributed by atoms with van der Waals surface area (Å²) >= 11 is 0. The quantitative estimate of drug-likeness (QED) is 0.677. The average Bonchev–Trinajstić information content (AvgIpc) is 2.49. The fourth-order valence-electron chi connectivity index (χ4n) is 2.30. The van der Waals surface area contributed by atoms with Gasteiger partial charge in [-0.2, -0.15) is 0 Å². The largest absolute Gasteiger partial charge is 0.353 e. The Hall–Kier alpha value is -1.39. The molecule has 1 aromatic rings. The van der Waals surface area contributed by atoms with Crippen LogP contribution in [0, 0.1) is 0 Å². The summed E-state index contributed by atoms with van der Waals surface area (Å²) in [5, 5.41) is 6.23. The van der Waals surface area contributed by atoms with Crippen LogP contribution in [0.3, 0.4) is 0 Å². The van der Waals surface area contributed by atoms with Crippen molar-refractivity contribution in [3.05, 3.63) is 35.9 Å². The van der Waals surface area contributed by atoms with Crippen LogP contribution < -0.4 is 10.6 Å². The van der Waals surface area contributed by atoms with Crippen molar-refractivity contribution < 1.29 is 4.79 Å². The zero-order valence-corrected chi connectivity index (χ0v) is 12.9. The van der Waals surface area contributed by atoms with Crippen molar-refractivity contribution in [3.63, 3.8) is 0 Å². The Labute approximate surface area is 122 Å². The molecule has 1 atom stereocenters. The molecule has 0 aliphatic carbocycles. The average molecular weight is 277 g/mol. The van der Waals surface area contributed by atoms with Crippen molar-refractivity contribution >= 4 is 5.91 Å². The first-order valence-corrected chi connectivity index (χ1v) is 7.51. The summed E-state index contributed by atoms with van der Waals surface area (Å²) in [5.41, 5.74) is 1.05. The Morgan fingerprint density at radius 3 is 2.30 bits per heavy atom. The lowest BCUT2D eigenvalue weighted by Crippen LogP contribution is -2.42. The van der Waals surface area contributed by atoms with Gasteiger partial charge in [0.15, 0.2) is 0 Å². The van der Waals surface area contributed by atoms with E-state index in [0.717, 1.165) is 31.7 Å². The summed E-state index contributed by atoms with van der Waals surface area (Å²) < 4.78 is 0. The predicted octanol–water partition coefficient (Wildman–Crippen LogP) is 1.80. The molecule has 0 saturated heterocycles. The Balaban J connectivity index is 2.74. The maximum absolute atomic E-state index is 12.5. The number of carbonyl (C=O) groups excluding carboxylic acids is 1. The molecule has 4 nitrogen and oxygen atoms in total. The van der Waals surface area contributed by atoms with E-state index in [1.54, 1.807) is 0 Å². The summed E-state index contributed by atoms with van der Waals surface area (Å²) in [6, 6.07) is 9.79. The highest BCUT2D eigenvalue weighted by atomic mass is 16.2. The van der Waals surface area contributed by atoms with Crippen molar-refractivity contribution in [2.45, 2.75) is 26.8 Å². The first kappa shape index (κ1) is 16.7. The summed E-state index contributed by atoms with van der Waals surface area (Å²) in [4.78, 5) is 14.7. The van der Waals surface area contributed by atoms with Crippen molar-refractivity contribution in [2.24, 2.45) is 0 Å². The molecule has 0 aliphatic rings. The van der Waals surface area contributed by atoms with Gasteiger partial charge < -0.3 is 10.6 Å². The zero-order valence-electron chi connectivity index (χ0n) is 12.9. The van der Waals surface area contributed by atoms with Gasteiger partial charge in [-0.3, -0.25) is 9.69 Å². The molecule has 0 fully saturated rings. The van der Waals surface area contributed by atoms with Crippen LogP contribution in [0.1, 0.15) is 32.4 Å². The number of likely N-dealkylation sites (N-methyl/N-ethyl adjacent to an activating group) is 2. The molecule has 0 heterocycles. The van der Waals surface area contributed by atoms with Crippen LogP contribution >= 0.6 is 0 Å². The Kier molecular flexibility index (Phi) is 7.92. The van der Waals surface area contributed by atoms with Crippen LogP contribution in [-0.2, 0) is 4.79 Å². The lowest BCUT2D eigenvalue weighted by molar-refractivity contribution is -0.126. The van der Waals surface area contributed by atoms with E-state index in [1.807, 2.05) is 30.3 Å². The number of nitrogens with zero attached hydrogens (tertiary/aromatic N) is 1. The van der Waals surface area contributed by atoms with Crippen molar-refractivity contribution in [2.75, 3.05) is 32.7 Å². The second kappa shape index (κ2) is 9.50. The van der Waals surface area contributed by atoms with E-state index in [-0.39, 0.29) is 11.9 Å². The molecule has 1 aromatic carbocycles. The molecule has 2 N–H and O–H groups in total. The molecule has 0 bridgehead atoms. The highest BCUT2D eigenvalue weighted by molar-refractivity contribution is 5.83. The maximum atomic E-state index is 12.5. The first-order valence-electron chi connectivity index (χ1n) is 7.51. The third-order valence-corrected chi connectivity index (χ3v) is 3.39. The highest BCUT2D eigenvalue weighted by Gasteiger charge is 2.25. The minimum absolute atomic E-state index is 0.0813. The monoisotopic (exact) mass is 277 g/mol. The molecule has 4 heteroatoms. The summed E-state index contributed by atoms with van der Waals surface area (Å²) in [6.45, 7) is 10.3. The van der Waals surface area contributed by atoms with E-state index < -0.39 is 0 Å². The Morgan fingerprint density at radius 1 is 1.10 bits per heavy atom. The van der Waals surface area contributed by atoms with E-state index >= 15 is 0 Å². The second-order valence-corrected chi connectivity index (χ2v) is 4.68. The van der Waals surface area contributed by atoms with Gasteiger partial charge in [0, 0.05) is 13.1 Å². The van der Waals surface area contributed by atoms with Crippen molar-refractivity contribution in [3.8, 4) is 0 Å². The third-order valence-electron chi connectivity index (χ3n) is 3.39. The molecule has 0 radical (unpaired) electrons.